The van der Waals surface area contributed by atoms with E-state index >= 15 is 0 Å². The van der Waals surface area contributed by atoms with Crippen molar-refractivity contribution >= 4 is 12.1 Å². The molecule has 15 heavy (non-hydrogen) atoms. The molecule has 4 N–H and O–H groups in total. The van der Waals surface area contributed by atoms with Gasteiger partial charge in [0.1, 0.15) is 11.6 Å². The van der Waals surface area contributed by atoms with Gasteiger partial charge in [-0.25, -0.2) is 9.59 Å². The quantitative estimate of drug-likeness (QED) is 0.632. The van der Waals surface area contributed by atoms with Gasteiger partial charge in [-0.1, -0.05) is 0 Å². The molecule has 1 amide bonds. The van der Waals surface area contributed by atoms with E-state index in [9.17, 15) is 9.59 Å². The number of aliphatic carboxylic acids is 1. The molecule has 0 saturated carbocycles. The summed E-state index contributed by atoms with van der Waals surface area (Å²) < 4.78 is 4.90. The SMILES string of the molecule is CC(N)C(NC(=O)OC(C)(C)C)C(=O)O. The van der Waals surface area contributed by atoms with Crippen LogP contribution in [0.1, 0.15) is 27.7 Å². The highest BCUT2D eigenvalue weighted by atomic mass is 16.6. The largest absolute Gasteiger partial charge is 0.480 e. The maximum Gasteiger partial charge on any atom is 0.408 e. The minimum Gasteiger partial charge on any atom is -0.480 e. The molecular formula is C9H18N2O4. The fraction of sp³-hybridized carbons (Fsp3) is 0.778. The van der Waals surface area contributed by atoms with E-state index in [-0.39, 0.29) is 0 Å². The van der Waals surface area contributed by atoms with Crippen molar-refractivity contribution in [3.63, 3.8) is 0 Å². The molecule has 0 bridgehead atoms. The van der Waals surface area contributed by atoms with Crippen LogP contribution in [0.2, 0.25) is 0 Å². The van der Waals surface area contributed by atoms with Crippen LogP contribution in [0.15, 0.2) is 0 Å². The topological polar surface area (TPSA) is 102 Å². The van der Waals surface area contributed by atoms with E-state index in [1.807, 2.05) is 0 Å². The molecule has 88 valence electrons. The van der Waals surface area contributed by atoms with Crippen LogP contribution in [0, 0.1) is 0 Å². The Morgan fingerprint density at radius 2 is 1.87 bits per heavy atom. The minimum absolute atomic E-state index is 0.662. The predicted octanol–water partition coefficient (Wildman–Crippen LogP) is 0.312. The Kier molecular flexibility index (Phi) is 4.54. The highest BCUT2D eigenvalue weighted by Crippen LogP contribution is 2.07. The van der Waals surface area contributed by atoms with Gasteiger partial charge in [-0.05, 0) is 27.7 Å². The van der Waals surface area contributed by atoms with Crippen molar-refractivity contribution in [3.05, 3.63) is 0 Å². The number of hydrogen-bond acceptors (Lipinski definition) is 4. The summed E-state index contributed by atoms with van der Waals surface area (Å²) in [6, 6.07) is -1.82. The third kappa shape index (κ3) is 5.90. The van der Waals surface area contributed by atoms with Crippen LogP contribution < -0.4 is 11.1 Å². The summed E-state index contributed by atoms with van der Waals surface area (Å²) in [5.74, 6) is -1.18. The number of ether oxygens (including phenoxy) is 1. The third-order valence-electron chi connectivity index (χ3n) is 1.46. The molecule has 2 unspecified atom stereocenters. The Hall–Kier alpha value is -1.30. The van der Waals surface area contributed by atoms with Crippen molar-refractivity contribution in [2.45, 2.75) is 45.4 Å². The summed E-state index contributed by atoms with van der Waals surface area (Å²) in [7, 11) is 0. The molecule has 0 aromatic heterocycles. The number of carbonyl (C=O) groups excluding carboxylic acids is 1. The number of nitrogens with one attached hydrogen (secondary N) is 1. The van der Waals surface area contributed by atoms with Gasteiger partial charge in [0.05, 0.1) is 0 Å². The van der Waals surface area contributed by atoms with Gasteiger partial charge in [0, 0.05) is 6.04 Å². The third-order valence-corrected chi connectivity index (χ3v) is 1.46. The van der Waals surface area contributed by atoms with Crippen molar-refractivity contribution in [3.8, 4) is 0 Å². The van der Waals surface area contributed by atoms with Crippen molar-refractivity contribution in [1.29, 1.82) is 0 Å². The molecule has 0 aliphatic heterocycles. The Balaban J connectivity index is 4.31. The van der Waals surface area contributed by atoms with Crippen molar-refractivity contribution in [2.75, 3.05) is 0 Å². The molecule has 0 radical (unpaired) electrons. The summed E-state index contributed by atoms with van der Waals surface area (Å²) in [5, 5.41) is 10.9. The van der Waals surface area contributed by atoms with Crippen LogP contribution >= 0.6 is 0 Å². The fourth-order valence-corrected chi connectivity index (χ4v) is 0.853. The molecule has 0 heterocycles. The molecule has 6 nitrogen and oxygen atoms in total. The number of amides is 1. The van der Waals surface area contributed by atoms with Crippen LogP contribution in [0.25, 0.3) is 0 Å². The maximum atomic E-state index is 11.2. The van der Waals surface area contributed by atoms with E-state index in [0.29, 0.717) is 0 Å². The van der Waals surface area contributed by atoms with Gasteiger partial charge in [0.15, 0.2) is 0 Å². The first-order valence-electron chi connectivity index (χ1n) is 4.61. The minimum atomic E-state index is -1.18. The van der Waals surface area contributed by atoms with E-state index in [1.165, 1.54) is 6.92 Å². The van der Waals surface area contributed by atoms with E-state index in [4.69, 9.17) is 15.6 Å². The number of rotatable bonds is 3. The number of carboxylic acids is 1. The first-order valence-corrected chi connectivity index (χ1v) is 4.61. The number of carbonyl (C=O) groups is 2. The molecule has 6 heteroatoms. The molecule has 0 aliphatic carbocycles. The van der Waals surface area contributed by atoms with E-state index in [1.54, 1.807) is 20.8 Å². The second-order valence-corrected chi connectivity index (χ2v) is 4.32. The number of nitrogens with two attached hydrogens (primary N) is 1. The Labute approximate surface area is 88.8 Å². The lowest BCUT2D eigenvalue weighted by atomic mass is 10.1. The van der Waals surface area contributed by atoms with Crippen LogP contribution in [-0.2, 0) is 9.53 Å². The lowest BCUT2D eigenvalue weighted by molar-refractivity contribution is -0.139. The highest BCUT2D eigenvalue weighted by molar-refractivity contribution is 5.80. The van der Waals surface area contributed by atoms with Crippen LogP contribution in [0.3, 0.4) is 0 Å². The highest BCUT2D eigenvalue weighted by Gasteiger charge is 2.26. The molecular weight excluding hydrogens is 200 g/mol. The zero-order valence-corrected chi connectivity index (χ0v) is 9.40. The Bertz CT molecular complexity index is 245. The molecule has 0 fully saturated rings. The second-order valence-electron chi connectivity index (χ2n) is 4.32. The fourth-order valence-electron chi connectivity index (χ4n) is 0.853. The molecule has 2 atom stereocenters. The number of hydrogen-bond donors (Lipinski definition) is 3. The second kappa shape index (κ2) is 4.97. The van der Waals surface area contributed by atoms with Crippen molar-refractivity contribution in [1.82, 2.24) is 5.32 Å². The van der Waals surface area contributed by atoms with Gasteiger partial charge in [-0.2, -0.15) is 0 Å². The number of carboxylic acid groups (broad SMARTS) is 1. The summed E-state index contributed by atoms with van der Waals surface area (Å²) >= 11 is 0. The summed E-state index contributed by atoms with van der Waals surface area (Å²) in [6.45, 7) is 6.56. The summed E-state index contributed by atoms with van der Waals surface area (Å²) in [5.41, 5.74) is 4.74. The average Bonchev–Trinajstić information content (AvgIpc) is 1.95. The maximum absolute atomic E-state index is 11.2. The van der Waals surface area contributed by atoms with Gasteiger partial charge in [0.25, 0.3) is 0 Å². The average molecular weight is 218 g/mol. The van der Waals surface area contributed by atoms with E-state index in [0.717, 1.165) is 0 Å². The molecule has 0 aromatic carbocycles. The molecule has 0 spiro atoms. The van der Waals surface area contributed by atoms with Gasteiger partial charge < -0.3 is 20.9 Å². The Morgan fingerprint density at radius 1 is 1.40 bits per heavy atom. The first-order chi connectivity index (χ1) is 6.63. The summed E-state index contributed by atoms with van der Waals surface area (Å²) in [4.78, 5) is 21.9. The van der Waals surface area contributed by atoms with Gasteiger partial charge in [-0.15, -0.1) is 0 Å². The zero-order valence-electron chi connectivity index (χ0n) is 9.40. The number of alkyl carbamates (subject to hydrolysis) is 1. The van der Waals surface area contributed by atoms with Gasteiger partial charge in [0.2, 0.25) is 0 Å². The standard InChI is InChI=1S/C9H18N2O4/c1-5(10)6(7(12)13)11-8(14)15-9(2,3)4/h5-6H,10H2,1-4H3,(H,11,14)(H,12,13). The van der Waals surface area contributed by atoms with Crippen molar-refractivity contribution in [2.24, 2.45) is 5.73 Å². The monoisotopic (exact) mass is 218 g/mol. The Morgan fingerprint density at radius 3 is 2.13 bits per heavy atom. The van der Waals surface area contributed by atoms with Gasteiger partial charge in [-0.3, -0.25) is 0 Å². The van der Waals surface area contributed by atoms with E-state index < -0.39 is 29.7 Å². The lowest BCUT2D eigenvalue weighted by Crippen LogP contribution is -2.52. The van der Waals surface area contributed by atoms with Gasteiger partial charge >= 0.3 is 12.1 Å². The smallest absolute Gasteiger partial charge is 0.408 e. The van der Waals surface area contributed by atoms with Crippen molar-refractivity contribution < 1.29 is 19.4 Å². The van der Waals surface area contributed by atoms with Crippen LogP contribution in [0.4, 0.5) is 4.79 Å². The molecule has 0 saturated heterocycles. The normalized spacial score (nSPS) is 15.3. The van der Waals surface area contributed by atoms with Crippen LogP contribution in [0.5, 0.6) is 0 Å². The molecule has 0 aromatic rings. The van der Waals surface area contributed by atoms with E-state index in [2.05, 4.69) is 5.32 Å². The zero-order chi connectivity index (χ0) is 12.2. The van der Waals surface area contributed by atoms with Crippen LogP contribution in [-0.4, -0.2) is 34.9 Å². The predicted molar refractivity (Wildman–Crippen MR) is 54.4 cm³/mol. The molecule has 0 aliphatic rings. The first kappa shape index (κ1) is 13.7. The lowest BCUT2D eigenvalue weighted by Gasteiger charge is -2.23. The summed E-state index contributed by atoms with van der Waals surface area (Å²) in [6.07, 6.45) is -0.785. The molecule has 0 rings (SSSR count).